The number of hydrogen-bond acceptors (Lipinski definition) is 5. The van der Waals surface area contributed by atoms with Crippen molar-refractivity contribution in [2.75, 3.05) is 5.01 Å². The van der Waals surface area contributed by atoms with E-state index in [1.54, 1.807) is 6.92 Å². The number of anilines is 1. The molecule has 0 bridgehead atoms. The van der Waals surface area contributed by atoms with Crippen LogP contribution in [0, 0.1) is 6.92 Å². The van der Waals surface area contributed by atoms with Crippen molar-refractivity contribution in [2.45, 2.75) is 90.1 Å². The van der Waals surface area contributed by atoms with Crippen LogP contribution >= 0.6 is 0 Å². The predicted molar refractivity (Wildman–Crippen MR) is 141 cm³/mol. The topological polar surface area (TPSA) is 96.9 Å². The summed E-state index contributed by atoms with van der Waals surface area (Å²) in [5, 5.41) is 17.1. The zero-order chi connectivity index (χ0) is 25.4. The van der Waals surface area contributed by atoms with Gasteiger partial charge in [0.2, 0.25) is 5.88 Å². The largest absolute Gasteiger partial charge is 0.494 e. The van der Waals surface area contributed by atoms with Crippen LogP contribution in [0.1, 0.15) is 94.3 Å². The Morgan fingerprint density at radius 1 is 0.861 bits per heavy atom. The van der Waals surface area contributed by atoms with Crippen LogP contribution in [0.3, 0.4) is 0 Å². The third-order valence-corrected chi connectivity index (χ3v) is 7.91. The molecule has 5 rings (SSSR count). The zero-order valence-corrected chi connectivity index (χ0v) is 21.1. The maximum Gasteiger partial charge on any atom is 0.334 e. The van der Waals surface area contributed by atoms with Gasteiger partial charge in [0.05, 0.1) is 17.0 Å². The standard InChI is InChI=1S/C28H34N4O4/c1-18-11-9-10-16-24(18)32-27(35)22(19(2)29-32)17-23-25(33)30(20-12-5-3-6-13-20)28(36)31(26(23)34)21-14-7-4-8-15-21/h9-11,16-17,20-21,33H,3-8,12-15H2,1-2H3/b22-17-. The van der Waals surface area contributed by atoms with Crippen LogP contribution in [0.4, 0.5) is 5.69 Å². The molecule has 0 spiro atoms. The van der Waals surface area contributed by atoms with E-state index in [0.717, 1.165) is 69.8 Å². The molecule has 2 aromatic rings. The van der Waals surface area contributed by atoms with E-state index in [4.69, 9.17) is 0 Å². The van der Waals surface area contributed by atoms with E-state index >= 15 is 0 Å². The summed E-state index contributed by atoms with van der Waals surface area (Å²) in [5.41, 5.74) is 1.31. The second-order valence-electron chi connectivity index (χ2n) is 10.3. The highest BCUT2D eigenvalue weighted by Gasteiger charge is 2.33. The van der Waals surface area contributed by atoms with Gasteiger partial charge in [-0.2, -0.15) is 10.1 Å². The van der Waals surface area contributed by atoms with Gasteiger partial charge in [0.15, 0.2) is 0 Å². The minimum atomic E-state index is -0.529. The number of hydrazone groups is 1. The fraction of sp³-hybridized carbons (Fsp3) is 0.500. The Morgan fingerprint density at radius 3 is 2.06 bits per heavy atom. The van der Waals surface area contributed by atoms with Gasteiger partial charge in [-0.05, 0) is 57.2 Å². The molecular weight excluding hydrogens is 456 g/mol. The molecule has 1 aromatic carbocycles. The van der Waals surface area contributed by atoms with E-state index in [-0.39, 0.29) is 35.0 Å². The average molecular weight is 491 g/mol. The highest BCUT2D eigenvalue weighted by Crippen LogP contribution is 2.33. The lowest BCUT2D eigenvalue weighted by Crippen LogP contribution is -2.45. The molecule has 0 saturated heterocycles. The molecule has 2 fully saturated rings. The molecule has 8 nitrogen and oxygen atoms in total. The number of aromatic nitrogens is 2. The van der Waals surface area contributed by atoms with Gasteiger partial charge in [0.1, 0.15) is 5.56 Å². The van der Waals surface area contributed by atoms with Crippen molar-refractivity contribution in [2.24, 2.45) is 5.10 Å². The zero-order valence-electron chi connectivity index (χ0n) is 21.1. The number of benzene rings is 1. The molecule has 1 aliphatic heterocycles. The maximum absolute atomic E-state index is 13.7. The molecule has 2 aliphatic carbocycles. The molecule has 1 N–H and O–H groups in total. The second kappa shape index (κ2) is 9.91. The molecule has 1 amide bonds. The first kappa shape index (κ1) is 24.3. The fourth-order valence-corrected chi connectivity index (χ4v) is 5.90. The van der Waals surface area contributed by atoms with Gasteiger partial charge in [-0.1, -0.05) is 56.7 Å². The van der Waals surface area contributed by atoms with Gasteiger partial charge in [0, 0.05) is 12.1 Å². The van der Waals surface area contributed by atoms with Crippen molar-refractivity contribution >= 4 is 23.4 Å². The van der Waals surface area contributed by atoms with Crippen LogP contribution in [0.5, 0.6) is 5.88 Å². The Balaban J connectivity index is 1.65. The highest BCUT2D eigenvalue weighted by molar-refractivity contribution is 6.32. The molecule has 0 radical (unpaired) electrons. The number of carbonyl (C=O) groups excluding carboxylic acids is 1. The third-order valence-electron chi connectivity index (χ3n) is 7.91. The summed E-state index contributed by atoms with van der Waals surface area (Å²) in [6, 6.07) is 7.12. The molecule has 36 heavy (non-hydrogen) atoms. The van der Waals surface area contributed by atoms with Crippen LogP contribution in [0.25, 0.3) is 6.08 Å². The molecule has 0 atom stereocenters. The summed E-state index contributed by atoms with van der Waals surface area (Å²) in [7, 11) is 0. The lowest BCUT2D eigenvalue weighted by Gasteiger charge is -2.29. The summed E-state index contributed by atoms with van der Waals surface area (Å²) in [6.45, 7) is 3.62. The molecule has 2 heterocycles. The van der Waals surface area contributed by atoms with Crippen molar-refractivity contribution < 1.29 is 9.90 Å². The Bertz CT molecular complexity index is 1350. The predicted octanol–water partition coefficient (Wildman–Crippen LogP) is 4.84. The van der Waals surface area contributed by atoms with Gasteiger partial charge >= 0.3 is 5.69 Å². The van der Waals surface area contributed by atoms with E-state index in [1.807, 2.05) is 31.2 Å². The van der Waals surface area contributed by atoms with Gasteiger partial charge < -0.3 is 5.11 Å². The number of para-hydroxylation sites is 1. The van der Waals surface area contributed by atoms with E-state index in [9.17, 15) is 19.5 Å². The van der Waals surface area contributed by atoms with Gasteiger partial charge in [-0.3, -0.25) is 18.7 Å². The normalized spacial score (nSPS) is 20.8. The highest BCUT2D eigenvalue weighted by atomic mass is 16.3. The first-order valence-electron chi connectivity index (χ1n) is 13.2. The lowest BCUT2D eigenvalue weighted by atomic mass is 9.94. The van der Waals surface area contributed by atoms with Gasteiger partial charge in [0.25, 0.3) is 11.5 Å². The van der Waals surface area contributed by atoms with E-state index < -0.39 is 11.2 Å². The summed E-state index contributed by atoms with van der Waals surface area (Å²) in [5.74, 6) is -0.702. The van der Waals surface area contributed by atoms with Gasteiger partial charge in [-0.25, -0.2) is 4.79 Å². The Kier molecular flexibility index (Phi) is 6.69. The number of nitrogens with zero attached hydrogens (tertiary/aromatic N) is 4. The average Bonchev–Trinajstić information content (AvgIpc) is 3.16. The number of rotatable bonds is 4. The fourth-order valence-electron chi connectivity index (χ4n) is 5.90. The van der Waals surface area contributed by atoms with Crippen molar-refractivity contribution in [1.82, 2.24) is 9.13 Å². The number of aryl methyl sites for hydroxylation is 1. The summed E-state index contributed by atoms with van der Waals surface area (Å²) in [6.07, 6.45) is 10.6. The molecule has 1 aromatic heterocycles. The quantitative estimate of drug-likeness (QED) is 0.620. The number of amides is 1. The van der Waals surface area contributed by atoms with Crippen LogP contribution in [0.2, 0.25) is 0 Å². The molecule has 3 aliphatic rings. The molecule has 0 unspecified atom stereocenters. The van der Waals surface area contributed by atoms with E-state index in [1.165, 1.54) is 20.2 Å². The van der Waals surface area contributed by atoms with Crippen LogP contribution in [0.15, 0.2) is 44.5 Å². The van der Waals surface area contributed by atoms with E-state index in [2.05, 4.69) is 5.10 Å². The third kappa shape index (κ3) is 4.22. The summed E-state index contributed by atoms with van der Waals surface area (Å²) < 4.78 is 2.78. The van der Waals surface area contributed by atoms with E-state index in [0.29, 0.717) is 11.4 Å². The summed E-state index contributed by atoms with van der Waals surface area (Å²) >= 11 is 0. The lowest BCUT2D eigenvalue weighted by molar-refractivity contribution is -0.114. The van der Waals surface area contributed by atoms with Crippen LogP contribution < -0.4 is 16.3 Å². The Hall–Kier alpha value is -3.42. The number of carbonyl (C=O) groups is 1. The molecule has 8 heteroatoms. The molecule has 190 valence electrons. The van der Waals surface area contributed by atoms with Crippen LogP contribution in [-0.4, -0.2) is 25.9 Å². The minimum Gasteiger partial charge on any atom is -0.494 e. The summed E-state index contributed by atoms with van der Waals surface area (Å²) in [4.78, 5) is 40.8. The van der Waals surface area contributed by atoms with Crippen molar-refractivity contribution in [3.05, 3.63) is 61.8 Å². The smallest absolute Gasteiger partial charge is 0.334 e. The maximum atomic E-state index is 13.7. The SMILES string of the molecule is CC1=NN(c2ccccc2C)C(=O)/C1=C\c1c(O)n(C2CCCCC2)c(=O)n(C2CCCCC2)c1=O. The van der Waals surface area contributed by atoms with Gasteiger partial charge in [-0.15, -0.1) is 0 Å². The number of hydrogen-bond donors (Lipinski definition) is 1. The second-order valence-corrected chi connectivity index (χ2v) is 10.3. The monoisotopic (exact) mass is 490 g/mol. The van der Waals surface area contributed by atoms with Crippen molar-refractivity contribution in [3.8, 4) is 5.88 Å². The Labute approximate surface area is 210 Å². The first-order chi connectivity index (χ1) is 17.4. The molecular formula is C28H34N4O4. The van der Waals surface area contributed by atoms with Crippen LogP contribution in [-0.2, 0) is 4.79 Å². The van der Waals surface area contributed by atoms with Crippen molar-refractivity contribution in [1.29, 1.82) is 0 Å². The Morgan fingerprint density at radius 2 is 1.44 bits per heavy atom. The molecule has 2 saturated carbocycles. The van der Waals surface area contributed by atoms with Crippen molar-refractivity contribution in [3.63, 3.8) is 0 Å². The first-order valence-corrected chi connectivity index (χ1v) is 13.2. The number of aromatic hydroxyl groups is 1. The minimum absolute atomic E-state index is 0.00437.